The number of carboxylic acid groups (broad SMARTS) is 1. The maximum absolute atomic E-state index is 14.4. The van der Waals surface area contributed by atoms with Crippen molar-refractivity contribution in [1.29, 1.82) is 0 Å². The molecule has 192 valence electrons. The lowest BCUT2D eigenvalue weighted by Crippen LogP contribution is -2.41. The van der Waals surface area contributed by atoms with Gasteiger partial charge in [-0.3, -0.25) is 18.2 Å². The molecule has 4 unspecified atom stereocenters. The zero-order valence-electron chi connectivity index (χ0n) is 19.7. The number of likely N-dealkylation sites (tertiary alicyclic amines) is 1. The van der Waals surface area contributed by atoms with Gasteiger partial charge >= 0.3 is 5.97 Å². The zero-order chi connectivity index (χ0) is 25.7. The van der Waals surface area contributed by atoms with Crippen LogP contribution in [0.15, 0.2) is 30.3 Å². The van der Waals surface area contributed by atoms with Crippen LogP contribution in [0, 0.1) is 11.7 Å². The first-order chi connectivity index (χ1) is 17.2. The number of hydrogen-bond donors (Lipinski definition) is 2. The Balaban J connectivity index is 1.61. The smallest absolute Gasteiger partial charge is 0.341 e. The van der Waals surface area contributed by atoms with Gasteiger partial charge in [-0.1, -0.05) is 13.0 Å². The Hall–Kier alpha value is -2.86. The number of ether oxygens (including phenoxy) is 1. The number of halogens is 1. The van der Waals surface area contributed by atoms with Gasteiger partial charge in [0.2, 0.25) is 0 Å². The van der Waals surface area contributed by atoms with E-state index in [1.54, 1.807) is 6.07 Å². The molecule has 3 N–H and O–H groups in total. The third kappa shape index (κ3) is 4.19. The van der Waals surface area contributed by atoms with E-state index in [9.17, 15) is 27.8 Å². The number of carbonyl (C=O) groups is 2. The van der Waals surface area contributed by atoms with E-state index in [1.165, 1.54) is 12.1 Å². The number of aromatic carboxylic acids is 1. The number of benzene rings is 2. The number of hydrogen-bond acceptors (Lipinski definition) is 7. The zero-order valence-corrected chi connectivity index (χ0v) is 20.5. The second-order valence-electron chi connectivity index (χ2n) is 9.48. The Morgan fingerprint density at radius 2 is 2.08 bits per heavy atom. The first-order valence-electron chi connectivity index (χ1n) is 12.0. The number of anilines is 2. The fourth-order valence-electron chi connectivity index (χ4n) is 5.55. The summed E-state index contributed by atoms with van der Waals surface area (Å²) in [7, 11) is 0. The fraction of sp³-hybridized carbons (Fsp3) is 0.440. The maximum atomic E-state index is 14.4. The van der Waals surface area contributed by atoms with Crippen LogP contribution in [0.2, 0.25) is 0 Å². The molecule has 36 heavy (non-hydrogen) atoms. The molecule has 3 aliphatic rings. The van der Waals surface area contributed by atoms with E-state index in [-0.39, 0.29) is 40.0 Å². The van der Waals surface area contributed by atoms with E-state index in [2.05, 4.69) is 0 Å². The summed E-state index contributed by atoms with van der Waals surface area (Å²) in [6.45, 7) is 3.68. The van der Waals surface area contributed by atoms with Gasteiger partial charge in [-0.25, -0.2) is 9.18 Å². The van der Waals surface area contributed by atoms with E-state index in [4.69, 9.17) is 10.5 Å². The third-order valence-corrected chi connectivity index (χ3v) is 8.15. The predicted molar refractivity (Wildman–Crippen MR) is 129 cm³/mol. The van der Waals surface area contributed by atoms with Gasteiger partial charge in [0.05, 0.1) is 41.3 Å². The van der Waals surface area contributed by atoms with Gasteiger partial charge in [0.25, 0.3) is 0 Å². The van der Waals surface area contributed by atoms with Crippen LogP contribution >= 0.6 is 0 Å². The van der Waals surface area contributed by atoms with E-state index in [1.807, 2.05) is 11.8 Å². The second-order valence-corrected chi connectivity index (χ2v) is 10.3. The molecule has 1 saturated carbocycles. The minimum Gasteiger partial charge on any atom is -0.755 e. The summed E-state index contributed by atoms with van der Waals surface area (Å²) in [5.41, 5.74) is 6.48. The molecule has 5 atom stereocenters. The SMILES string of the molecule is CCN1CCC[C@H]1C(=O)C(N)c1cc(F)ccc1N(c1ccc2c(c1C(=O)O)OCC1CC21)S(=O)[O-]. The van der Waals surface area contributed by atoms with Gasteiger partial charge in [-0.2, -0.15) is 0 Å². The molecule has 0 amide bonds. The van der Waals surface area contributed by atoms with Crippen molar-refractivity contribution in [2.45, 2.75) is 44.2 Å². The second kappa shape index (κ2) is 9.55. The highest BCUT2D eigenvalue weighted by Gasteiger charge is 2.46. The lowest BCUT2D eigenvalue weighted by molar-refractivity contribution is -0.124. The number of fused-ring (bicyclic) bond motifs is 3. The molecule has 9 nitrogen and oxygen atoms in total. The van der Waals surface area contributed by atoms with Gasteiger partial charge in [-0.15, -0.1) is 0 Å². The van der Waals surface area contributed by atoms with Crippen molar-refractivity contribution in [2.24, 2.45) is 11.7 Å². The standard InChI is InChI=1S/C25H28FN3O6S/c1-2-28-9-3-4-20(28)23(30)22(27)17-11-14(26)5-7-18(17)29(36(33)34)19-8-6-15-16-10-13(16)12-35-24(15)21(19)25(31)32/h5-8,11,13,16,20,22H,2-4,9-10,12,27H2,1H3,(H,31,32)(H,33,34)/p-1/t13?,16?,20-,22?/m0/s1. The topological polar surface area (TPSA) is 136 Å². The minimum absolute atomic E-state index is 0.0376. The molecule has 2 aliphatic heterocycles. The number of carbonyl (C=O) groups excluding carboxylic acids is 1. The molecule has 5 rings (SSSR count). The summed E-state index contributed by atoms with van der Waals surface area (Å²) in [6, 6.07) is 4.60. The molecule has 2 fully saturated rings. The molecule has 2 aromatic rings. The van der Waals surface area contributed by atoms with Crippen molar-refractivity contribution in [3.05, 3.63) is 52.8 Å². The quantitative estimate of drug-likeness (QED) is 0.511. The number of nitrogens with zero attached hydrogens (tertiary/aromatic N) is 2. The van der Waals surface area contributed by atoms with E-state index >= 15 is 0 Å². The van der Waals surface area contributed by atoms with E-state index < -0.39 is 35.1 Å². The molecule has 1 saturated heterocycles. The number of Topliss-reactive ketones (excluding diaryl/α,β-unsaturated/α-hetero) is 1. The molecular formula is C25H27FN3O6S-. The van der Waals surface area contributed by atoms with Crippen molar-refractivity contribution in [2.75, 3.05) is 24.0 Å². The molecule has 1 aliphatic carbocycles. The van der Waals surface area contributed by atoms with Crippen molar-refractivity contribution in [1.82, 2.24) is 4.90 Å². The predicted octanol–water partition coefficient (Wildman–Crippen LogP) is 3.01. The van der Waals surface area contributed by atoms with Crippen molar-refractivity contribution in [3.8, 4) is 5.75 Å². The monoisotopic (exact) mass is 516 g/mol. The largest absolute Gasteiger partial charge is 0.755 e. The van der Waals surface area contributed by atoms with Gasteiger partial charge in [0.15, 0.2) is 5.78 Å². The normalized spacial score (nSPS) is 24.3. The average molecular weight is 517 g/mol. The van der Waals surface area contributed by atoms with E-state index in [0.29, 0.717) is 25.5 Å². The molecule has 0 radical (unpaired) electrons. The summed E-state index contributed by atoms with van der Waals surface area (Å²) < 4.78 is 46.0. The Labute approximate surface area is 210 Å². The minimum atomic E-state index is -3.02. The number of likely N-dealkylation sites (N-methyl/N-ethyl adjacent to an activating group) is 1. The molecule has 2 aromatic carbocycles. The summed E-state index contributed by atoms with van der Waals surface area (Å²) in [4.78, 5) is 27.7. The van der Waals surface area contributed by atoms with Crippen molar-refractivity contribution < 1.29 is 32.6 Å². The van der Waals surface area contributed by atoms with Crippen LogP contribution in [0.1, 0.15) is 59.6 Å². The van der Waals surface area contributed by atoms with Gasteiger partial charge in [-0.05, 0) is 68.1 Å². The highest BCUT2D eigenvalue weighted by Crippen LogP contribution is 2.56. The van der Waals surface area contributed by atoms with Crippen LogP contribution in [0.4, 0.5) is 15.8 Å². The Morgan fingerprint density at radius 3 is 2.78 bits per heavy atom. The Morgan fingerprint density at radius 1 is 1.33 bits per heavy atom. The highest BCUT2D eigenvalue weighted by atomic mass is 32.2. The lowest BCUT2D eigenvalue weighted by Gasteiger charge is -2.33. The lowest BCUT2D eigenvalue weighted by atomic mass is 9.95. The van der Waals surface area contributed by atoms with Crippen molar-refractivity contribution >= 4 is 34.4 Å². The number of ketones is 1. The Bertz CT molecular complexity index is 1260. The highest BCUT2D eigenvalue weighted by molar-refractivity contribution is 7.81. The molecule has 0 spiro atoms. The summed E-state index contributed by atoms with van der Waals surface area (Å²) in [6.07, 6.45) is 2.32. The van der Waals surface area contributed by atoms with Crippen LogP contribution in [-0.2, 0) is 16.1 Å². The van der Waals surface area contributed by atoms with Crippen LogP contribution < -0.4 is 14.8 Å². The Kier molecular flexibility index (Phi) is 6.58. The molecule has 0 bridgehead atoms. The third-order valence-electron chi connectivity index (χ3n) is 7.46. The first-order valence-corrected chi connectivity index (χ1v) is 13.0. The van der Waals surface area contributed by atoms with Gasteiger partial charge < -0.3 is 20.1 Å². The molecule has 2 heterocycles. The molecular weight excluding hydrogens is 489 g/mol. The molecule has 0 aromatic heterocycles. The average Bonchev–Trinajstić information content (AvgIpc) is 3.50. The van der Waals surface area contributed by atoms with Gasteiger partial charge in [0, 0.05) is 11.5 Å². The van der Waals surface area contributed by atoms with Crippen LogP contribution in [0.5, 0.6) is 5.75 Å². The van der Waals surface area contributed by atoms with Gasteiger partial charge in [0.1, 0.15) is 17.1 Å². The maximum Gasteiger partial charge on any atom is 0.341 e. The van der Waals surface area contributed by atoms with Crippen molar-refractivity contribution in [3.63, 3.8) is 0 Å². The van der Waals surface area contributed by atoms with Crippen LogP contribution in [0.3, 0.4) is 0 Å². The number of nitrogens with two attached hydrogens (primary N) is 1. The molecule has 11 heteroatoms. The number of rotatable bonds is 8. The summed E-state index contributed by atoms with van der Waals surface area (Å²) in [5.74, 6) is -1.73. The number of carboxylic acids is 1. The van der Waals surface area contributed by atoms with E-state index in [0.717, 1.165) is 41.4 Å². The summed E-state index contributed by atoms with van der Waals surface area (Å²) >= 11 is -3.02. The summed E-state index contributed by atoms with van der Waals surface area (Å²) in [5, 5.41) is 10.1. The van der Waals surface area contributed by atoms with Crippen LogP contribution in [0.25, 0.3) is 0 Å². The van der Waals surface area contributed by atoms with Crippen LogP contribution in [-0.4, -0.2) is 56.3 Å². The fourth-order valence-corrected chi connectivity index (χ4v) is 6.19. The first kappa shape index (κ1) is 24.8.